The molecule has 1 heterocycles. The van der Waals surface area contributed by atoms with Crippen molar-refractivity contribution in [3.8, 4) is 0 Å². The smallest absolute Gasteiger partial charge is 0.0587 e. The Labute approximate surface area is 99.6 Å². The Kier molecular flexibility index (Phi) is 6.32. The molecule has 3 heteroatoms. The van der Waals surface area contributed by atoms with Crippen molar-refractivity contribution in [3.63, 3.8) is 0 Å². The second-order valence-electron chi connectivity index (χ2n) is 4.98. The van der Waals surface area contributed by atoms with Gasteiger partial charge in [0, 0.05) is 18.7 Å². The van der Waals surface area contributed by atoms with E-state index in [0.29, 0.717) is 17.9 Å². The van der Waals surface area contributed by atoms with E-state index >= 15 is 0 Å². The van der Waals surface area contributed by atoms with Gasteiger partial charge >= 0.3 is 0 Å². The molecule has 2 N–H and O–H groups in total. The molecule has 0 saturated carbocycles. The molecule has 0 aromatic carbocycles. The standard InChI is InChI=1S/C13H27NO2/c1-4-10(3)13(8-15)14-12(5-2)11-6-7-16-9-11/h10-15H,4-9H2,1-3H3. The SMILES string of the molecule is CCC(C)C(CO)NC(CC)C1CCOC1. The summed E-state index contributed by atoms with van der Waals surface area (Å²) in [6, 6.07) is 0.726. The van der Waals surface area contributed by atoms with Crippen molar-refractivity contribution in [1.82, 2.24) is 5.32 Å². The van der Waals surface area contributed by atoms with Crippen LogP contribution in [0.15, 0.2) is 0 Å². The van der Waals surface area contributed by atoms with Gasteiger partial charge in [0.2, 0.25) is 0 Å². The monoisotopic (exact) mass is 229 g/mol. The van der Waals surface area contributed by atoms with Crippen LogP contribution in [0.2, 0.25) is 0 Å². The van der Waals surface area contributed by atoms with Crippen molar-refractivity contribution < 1.29 is 9.84 Å². The first-order chi connectivity index (χ1) is 7.72. The van der Waals surface area contributed by atoms with Crippen LogP contribution in [0, 0.1) is 11.8 Å². The summed E-state index contributed by atoms with van der Waals surface area (Å²) in [6.45, 7) is 8.60. The fraction of sp³-hybridized carbons (Fsp3) is 1.00. The van der Waals surface area contributed by atoms with Crippen LogP contribution in [0.5, 0.6) is 0 Å². The quantitative estimate of drug-likeness (QED) is 0.699. The maximum Gasteiger partial charge on any atom is 0.0587 e. The van der Waals surface area contributed by atoms with Crippen molar-refractivity contribution in [2.24, 2.45) is 11.8 Å². The molecule has 1 aliphatic heterocycles. The van der Waals surface area contributed by atoms with E-state index in [1.807, 2.05) is 0 Å². The molecule has 0 aliphatic carbocycles. The molecule has 0 bridgehead atoms. The molecular weight excluding hydrogens is 202 g/mol. The van der Waals surface area contributed by atoms with Crippen LogP contribution in [-0.4, -0.2) is 37.0 Å². The van der Waals surface area contributed by atoms with Gasteiger partial charge in [0.25, 0.3) is 0 Å². The topological polar surface area (TPSA) is 41.5 Å². The molecule has 0 aromatic heterocycles. The van der Waals surface area contributed by atoms with Gasteiger partial charge in [0.1, 0.15) is 0 Å². The number of ether oxygens (including phenoxy) is 1. The lowest BCUT2D eigenvalue weighted by Crippen LogP contribution is -2.47. The van der Waals surface area contributed by atoms with E-state index in [4.69, 9.17) is 4.74 Å². The normalized spacial score (nSPS) is 26.6. The summed E-state index contributed by atoms with van der Waals surface area (Å²) in [5.74, 6) is 1.16. The highest BCUT2D eigenvalue weighted by Gasteiger charge is 2.27. The van der Waals surface area contributed by atoms with Gasteiger partial charge in [0.05, 0.1) is 13.2 Å². The summed E-state index contributed by atoms with van der Waals surface area (Å²) in [5.41, 5.74) is 0. The fourth-order valence-electron chi connectivity index (χ4n) is 2.41. The minimum atomic E-state index is 0.232. The Bertz CT molecular complexity index is 181. The van der Waals surface area contributed by atoms with Gasteiger partial charge in [-0.3, -0.25) is 0 Å². The molecule has 0 spiro atoms. The lowest BCUT2D eigenvalue weighted by molar-refractivity contribution is 0.152. The maximum atomic E-state index is 9.42. The van der Waals surface area contributed by atoms with Crippen LogP contribution in [-0.2, 0) is 4.74 Å². The average molecular weight is 229 g/mol. The molecule has 0 radical (unpaired) electrons. The van der Waals surface area contributed by atoms with E-state index in [1.165, 1.54) is 0 Å². The molecular formula is C13H27NO2. The van der Waals surface area contributed by atoms with Crippen LogP contribution in [0.3, 0.4) is 0 Å². The lowest BCUT2D eigenvalue weighted by Gasteiger charge is -2.30. The predicted molar refractivity (Wildman–Crippen MR) is 66.5 cm³/mol. The van der Waals surface area contributed by atoms with E-state index in [-0.39, 0.29) is 12.6 Å². The Balaban J connectivity index is 2.46. The molecule has 3 nitrogen and oxygen atoms in total. The molecule has 1 fully saturated rings. The largest absolute Gasteiger partial charge is 0.395 e. The van der Waals surface area contributed by atoms with E-state index in [1.54, 1.807) is 0 Å². The van der Waals surface area contributed by atoms with Crippen LogP contribution in [0.1, 0.15) is 40.0 Å². The van der Waals surface area contributed by atoms with Crippen molar-refractivity contribution >= 4 is 0 Å². The number of aliphatic hydroxyl groups excluding tert-OH is 1. The summed E-state index contributed by atoms with van der Waals surface area (Å²) in [6.07, 6.45) is 3.38. The molecule has 1 aliphatic rings. The summed E-state index contributed by atoms with van der Waals surface area (Å²) in [7, 11) is 0. The Morgan fingerprint density at radius 1 is 1.38 bits per heavy atom. The lowest BCUT2D eigenvalue weighted by atomic mass is 9.93. The molecule has 16 heavy (non-hydrogen) atoms. The number of aliphatic hydroxyl groups is 1. The van der Waals surface area contributed by atoms with Crippen LogP contribution in [0.4, 0.5) is 0 Å². The second kappa shape index (κ2) is 7.25. The minimum absolute atomic E-state index is 0.232. The Morgan fingerprint density at radius 3 is 2.56 bits per heavy atom. The van der Waals surface area contributed by atoms with Gasteiger partial charge in [-0.05, 0) is 24.7 Å². The number of hydrogen-bond acceptors (Lipinski definition) is 3. The van der Waals surface area contributed by atoms with E-state index in [2.05, 4.69) is 26.1 Å². The third-order valence-electron chi connectivity index (χ3n) is 3.93. The van der Waals surface area contributed by atoms with Gasteiger partial charge in [0.15, 0.2) is 0 Å². The number of rotatable bonds is 7. The molecule has 0 amide bonds. The van der Waals surface area contributed by atoms with Crippen molar-refractivity contribution in [2.75, 3.05) is 19.8 Å². The number of nitrogens with one attached hydrogen (secondary N) is 1. The zero-order chi connectivity index (χ0) is 12.0. The Hall–Kier alpha value is -0.120. The van der Waals surface area contributed by atoms with Gasteiger partial charge in [-0.25, -0.2) is 0 Å². The first kappa shape index (κ1) is 13.9. The third kappa shape index (κ3) is 3.72. The highest BCUT2D eigenvalue weighted by Crippen LogP contribution is 2.20. The highest BCUT2D eigenvalue weighted by atomic mass is 16.5. The van der Waals surface area contributed by atoms with Gasteiger partial charge < -0.3 is 15.2 Å². The first-order valence-corrected chi connectivity index (χ1v) is 6.67. The van der Waals surface area contributed by atoms with Gasteiger partial charge in [-0.15, -0.1) is 0 Å². The average Bonchev–Trinajstić information content (AvgIpc) is 2.83. The summed E-state index contributed by atoms with van der Waals surface area (Å²) < 4.78 is 5.44. The van der Waals surface area contributed by atoms with E-state index in [9.17, 15) is 5.11 Å². The highest BCUT2D eigenvalue weighted by molar-refractivity contribution is 4.83. The van der Waals surface area contributed by atoms with Crippen molar-refractivity contribution in [2.45, 2.75) is 52.1 Å². The summed E-state index contributed by atoms with van der Waals surface area (Å²) in [5, 5.41) is 13.0. The van der Waals surface area contributed by atoms with Crippen LogP contribution < -0.4 is 5.32 Å². The zero-order valence-corrected chi connectivity index (χ0v) is 10.9. The molecule has 4 atom stereocenters. The summed E-state index contributed by atoms with van der Waals surface area (Å²) in [4.78, 5) is 0. The van der Waals surface area contributed by atoms with Crippen molar-refractivity contribution in [3.05, 3.63) is 0 Å². The summed E-state index contributed by atoms with van der Waals surface area (Å²) >= 11 is 0. The van der Waals surface area contributed by atoms with E-state index < -0.39 is 0 Å². The third-order valence-corrected chi connectivity index (χ3v) is 3.93. The molecule has 96 valence electrons. The molecule has 4 unspecified atom stereocenters. The Morgan fingerprint density at radius 2 is 2.12 bits per heavy atom. The molecule has 1 rings (SSSR count). The van der Waals surface area contributed by atoms with Crippen LogP contribution in [0.25, 0.3) is 0 Å². The number of hydrogen-bond donors (Lipinski definition) is 2. The molecule has 1 saturated heterocycles. The zero-order valence-electron chi connectivity index (χ0n) is 10.9. The van der Waals surface area contributed by atoms with Gasteiger partial charge in [-0.1, -0.05) is 27.2 Å². The van der Waals surface area contributed by atoms with Crippen molar-refractivity contribution in [1.29, 1.82) is 0 Å². The minimum Gasteiger partial charge on any atom is -0.395 e. The maximum absolute atomic E-state index is 9.42. The first-order valence-electron chi connectivity index (χ1n) is 6.67. The predicted octanol–water partition coefficient (Wildman–Crippen LogP) is 1.80. The van der Waals surface area contributed by atoms with Gasteiger partial charge in [-0.2, -0.15) is 0 Å². The fourth-order valence-corrected chi connectivity index (χ4v) is 2.41. The molecule has 0 aromatic rings. The van der Waals surface area contributed by atoms with Crippen LogP contribution >= 0.6 is 0 Å². The second-order valence-corrected chi connectivity index (χ2v) is 4.98. The van der Waals surface area contributed by atoms with E-state index in [0.717, 1.165) is 32.5 Å².